The Morgan fingerprint density at radius 2 is 1.89 bits per heavy atom. The first-order chi connectivity index (χ1) is 8.70. The maximum absolute atomic E-state index is 5.92. The molecule has 0 radical (unpaired) electrons. The van der Waals surface area contributed by atoms with Gasteiger partial charge in [0.15, 0.2) is 5.82 Å². The predicted molar refractivity (Wildman–Crippen MR) is 71.5 cm³/mol. The van der Waals surface area contributed by atoms with Crippen LogP contribution < -0.4 is 21.5 Å². The van der Waals surface area contributed by atoms with Gasteiger partial charge in [0.05, 0.1) is 0 Å². The largest absolute Gasteiger partial charge is 0.437 e. The van der Waals surface area contributed by atoms with E-state index in [-0.39, 0.29) is 11.8 Å². The molecule has 6 nitrogen and oxygen atoms in total. The second-order valence-corrected chi connectivity index (χ2v) is 3.59. The van der Waals surface area contributed by atoms with Crippen molar-refractivity contribution < 1.29 is 4.74 Å². The van der Waals surface area contributed by atoms with Crippen LogP contribution in [0.2, 0.25) is 0 Å². The number of anilines is 3. The summed E-state index contributed by atoms with van der Waals surface area (Å²) < 4.78 is 5.58. The molecule has 0 spiro atoms. The first kappa shape index (κ1) is 12.0. The van der Waals surface area contributed by atoms with Crippen LogP contribution in [-0.4, -0.2) is 16.5 Å². The molecular formula is C12H15N5O. The highest BCUT2D eigenvalue weighted by atomic mass is 16.5. The van der Waals surface area contributed by atoms with Crippen molar-refractivity contribution in [2.45, 2.75) is 6.92 Å². The standard InChI is InChI=1S/C12H15N5O/c1-2-15-10-9(13)11(17-12(14)16-10)18-8-6-4-3-5-7-8/h3-7H,2,13H2,1H3,(H3,14,15,16,17). The molecule has 5 N–H and O–H groups in total. The molecule has 1 aromatic heterocycles. The van der Waals surface area contributed by atoms with Gasteiger partial charge in [-0.15, -0.1) is 0 Å². The molecule has 2 aromatic rings. The van der Waals surface area contributed by atoms with Crippen molar-refractivity contribution in [3.05, 3.63) is 30.3 Å². The Hall–Kier alpha value is -2.50. The van der Waals surface area contributed by atoms with E-state index >= 15 is 0 Å². The number of rotatable bonds is 4. The third kappa shape index (κ3) is 2.60. The summed E-state index contributed by atoms with van der Waals surface area (Å²) in [4.78, 5) is 8.01. The first-order valence-corrected chi connectivity index (χ1v) is 5.60. The van der Waals surface area contributed by atoms with Crippen LogP contribution in [0.15, 0.2) is 30.3 Å². The van der Waals surface area contributed by atoms with Gasteiger partial charge in [-0.1, -0.05) is 18.2 Å². The van der Waals surface area contributed by atoms with E-state index in [0.29, 0.717) is 23.8 Å². The molecule has 1 aromatic carbocycles. The number of nitrogens with one attached hydrogen (secondary N) is 1. The Labute approximate surface area is 105 Å². The molecule has 1 heterocycles. The fraction of sp³-hybridized carbons (Fsp3) is 0.167. The first-order valence-electron chi connectivity index (χ1n) is 5.60. The average molecular weight is 245 g/mol. The highest BCUT2D eigenvalue weighted by molar-refractivity contribution is 5.68. The SMILES string of the molecule is CCNc1nc(N)nc(Oc2ccccc2)c1N. The maximum Gasteiger partial charge on any atom is 0.249 e. The van der Waals surface area contributed by atoms with Crippen LogP contribution in [-0.2, 0) is 0 Å². The highest BCUT2D eigenvalue weighted by Crippen LogP contribution is 2.30. The number of ether oxygens (including phenoxy) is 1. The number of nitrogens with zero attached hydrogens (tertiary/aromatic N) is 2. The lowest BCUT2D eigenvalue weighted by Gasteiger charge is -2.11. The van der Waals surface area contributed by atoms with Crippen LogP contribution >= 0.6 is 0 Å². The second-order valence-electron chi connectivity index (χ2n) is 3.59. The molecule has 6 heteroatoms. The van der Waals surface area contributed by atoms with Crippen molar-refractivity contribution in [1.82, 2.24) is 9.97 Å². The van der Waals surface area contributed by atoms with E-state index in [1.807, 2.05) is 37.3 Å². The molecule has 0 bridgehead atoms. The zero-order valence-electron chi connectivity index (χ0n) is 10.1. The smallest absolute Gasteiger partial charge is 0.249 e. The summed E-state index contributed by atoms with van der Waals surface area (Å²) in [5.41, 5.74) is 11.9. The summed E-state index contributed by atoms with van der Waals surface area (Å²) in [6.45, 7) is 2.63. The molecule has 0 aliphatic carbocycles. The zero-order chi connectivity index (χ0) is 13.0. The molecule has 0 aliphatic heterocycles. The number of hydrogen-bond donors (Lipinski definition) is 3. The van der Waals surface area contributed by atoms with Gasteiger partial charge in [-0.3, -0.25) is 0 Å². The summed E-state index contributed by atoms with van der Waals surface area (Å²) in [6.07, 6.45) is 0. The van der Waals surface area contributed by atoms with Gasteiger partial charge in [-0.25, -0.2) is 0 Å². The zero-order valence-corrected chi connectivity index (χ0v) is 10.1. The van der Waals surface area contributed by atoms with Gasteiger partial charge >= 0.3 is 0 Å². The Balaban J connectivity index is 2.33. The molecule has 0 amide bonds. The Morgan fingerprint density at radius 3 is 2.56 bits per heavy atom. The number of para-hydroxylation sites is 1. The van der Waals surface area contributed by atoms with E-state index in [1.54, 1.807) is 0 Å². The van der Waals surface area contributed by atoms with Crippen molar-refractivity contribution in [1.29, 1.82) is 0 Å². The normalized spacial score (nSPS) is 10.1. The number of nitrogens with two attached hydrogens (primary N) is 2. The lowest BCUT2D eigenvalue weighted by Crippen LogP contribution is -2.08. The average Bonchev–Trinajstić information content (AvgIpc) is 2.36. The Bertz CT molecular complexity index is 529. The van der Waals surface area contributed by atoms with Crippen LogP contribution in [0.1, 0.15) is 6.92 Å². The van der Waals surface area contributed by atoms with Crippen molar-refractivity contribution >= 4 is 17.5 Å². The van der Waals surface area contributed by atoms with Gasteiger partial charge in [0.1, 0.15) is 11.4 Å². The topological polar surface area (TPSA) is 99.1 Å². The van der Waals surface area contributed by atoms with Crippen molar-refractivity contribution in [2.24, 2.45) is 0 Å². The number of nitrogen functional groups attached to an aromatic ring is 2. The van der Waals surface area contributed by atoms with Crippen LogP contribution in [0.4, 0.5) is 17.5 Å². The molecule has 0 saturated heterocycles. The van der Waals surface area contributed by atoms with Gasteiger partial charge in [-0.05, 0) is 19.1 Å². The van der Waals surface area contributed by atoms with Crippen molar-refractivity contribution in [2.75, 3.05) is 23.3 Å². The van der Waals surface area contributed by atoms with Crippen molar-refractivity contribution in [3.63, 3.8) is 0 Å². The minimum Gasteiger partial charge on any atom is -0.437 e. The lowest BCUT2D eigenvalue weighted by atomic mass is 10.3. The van der Waals surface area contributed by atoms with E-state index in [1.165, 1.54) is 0 Å². The second kappa shape index (κ2) is 5.22. The molecule has 0 aliphatic rings. The quantitative estimate of drug-likeness (QED) is 0.760. The number of hydrogen-bond acceptors (Lipinski definition) is 6. The van der Waals surface area contributed by atoms with E-state index < -0.39 is 0 Å². The third-order valence-electron chi connectivity index (χ3n) is 2.23. The molecule has 0 unspecified atom stereocenters. The fourth-order valence-electron chi connectivity index (χ4n) is 1.45. The van der Waals surface area contributed by atoms with Crippen molar-refractivity contribution in [3.8, 4) is 11.6 Å². The summed E-state index contributed by atoms with van der Waals surface area (Å²) in [5, 5.41) is 3.01. The summed E-state index contributed by atoms with van der Waals surface area (Å²) in [6, 6.07) is 9.24. The molecule has 2 rings (SSSR count). The van der Waals surface area contributed by atoms with E-state index in [4.69, 9.17) is 16.2 Å². The van der Waals surface area contributed by atoms with E-state index in [0.717, 1.165) is 0 Å². The van der Waals surface area contributed by atoms with E-state index in [9.17, 15) is 0 Å². The summed E-state index contributed by atoms with van der Waals surface area (Å²) in [5.74, 6) is 1.50. The van der Waals surface area contributed by atoms with Gasteiger partial charge in [-0.2, -0.15) is 9.97 Å². The number of benzene rings is 1. The third-order valence-corrected chi connectivity index (χ3v) is 2.23. The molecule has 0 atom stereocenters. The van der Waals surface area contributed by atoms with Gasteiger partial charge in [0.25, 0.3) is 0 Å². The minimum absolute atomic E-state index is 0.117. The van der Waals surface area contributed by atoms with Crippen LogP contribution in [0, 0.1) is 0 Å². The molecule has 18 heavy (non-hydrogen) atoms. The predicted octanol–water partition coefficient (Wildman–Crippen LogP) is 1.87. The van der Waals surface area contributed by atoms with Crippen LogP contribution in [0.3, 0.4) is 0 Å². The Kier molecular flexibility index (Phi) is 3.47. The van der Waals surface area contributed by atoms with Crippen LogP contribution in [0.5, 0.6) is 11.6 Å². The minimum atomic E-state index is 0.117. The highest BCUT2D eigenvalue weighted by Gasteiger charge is 2.11. The lowest BCUT2D eigenvalue weighted by molar-refractivity contribution is 0.465. The molecule has 0 saturated carbocycles. The van der Waals surface area contributed by atoms with Crippen LogP contribution in [0.25, 0.3) is 0 Å². The fourth-order valence-corrected chi connectivity index (χ4v) is 1.45. The molecular weight excluding hydrogens is 230 g/mol. The van der Waals surface area contributed by atoms with E-state index in [2.05, 4.69) is 15.3 Å². The number of aromatic nitrogens is 2. The monoisotopic (exact) mass is 245 g/mol. The van der Waals surface area contributed by atoms with Gasteiger partial charge in [0.2, 0.25) is 11.8 Å². The summed E-state index contributed by atoms with van der Waals surface area (Å²) in [7, 11) is 0. The van der Waals surface area contributed by atoms with Gasteiger partial charge < -0.3 is 21.5 Å². The Morgan fingerprint density at radius 1 is 1.17 bits per heavy atom. The van der Waals surface area contributed by atoms with Gasteiger partial charge in [0, 0.05) is 6.54 Å². The maximum atomic E-state index is 5.92. The molecule has 0 fully saturated rings. The molecule has 94 valence electrons. The summed E-state index contributed by atoms with van der Waals surface area (Å²) >= 11 is 0.